The summed E-state index contributed by atoms with van der Waals surface area (Å²) in [5.74, 6) is 0.581. The van der Waals surface area contributed by atoms with Gasteiger partial charge in [-0.15, -0.1) is 0 Å². The first kappa shape index (κ1) is 15.3. The van der Waals surface area contributed by atoms with Crippen LogP contribution in [0.15, 0.2) is 24.3 Å². The fraction of sp³-hybridized carbons (Fsp3) is 0.647. The Bertz CT molecular complexity index is 436. The van der Waals surface area contributed by atoms with Crippen LogP contribution in [0.4, 0.5) is 5.69 Å². The Morgan fingerprint density at radius 2 is 1.85 bits per heavy atom. The summed E-state index contributed by atoms with van der Waals surface area (Å²) in [4.78, 5) is 5.06. The van der Waals surface area contributed by atoms with Gasteiger partial charge in [0.25, 0.3) is 0 Å². The fourth-order valence-electron chi connectivity index (χ4n) is 3.03. The van der Waals surface area contributed by atoms with Gasteiger partial charge in [-0.05, 0) is 37.5 Å². The molecule has 1 saturated heterocycles. The van der Waals surface area contributed by atoms with Crippen molar-refractivity contribution in [2.24, 2.45) is 11.7 Å². The molecular weight excluding hydrogens is 246 g/mol. The Kier molecular flexibility index (Phi) is 4.71. The SMILES string of the molecule is Cc1cccc(N2CCN(C(C)(CN)C(C)C)CC2)c1. The molecule has 1 aromatic rings. The van der Waals surface area contributed by atoms with Crippen LogP contribution in [0.1, 0.15) is 26.3 Å². The van der Waals surface area contributed by atoms with Gasteiger partial charge in [-0.3, -0.25) is 4.90 Å². The maximum atomic E-state index is 6.05. The Balaban J connectivity index is 2.02. The molecule has 0 aromatic heterocycles. The number of rotatable bonds is 4. The van der Waals surface area contributed by atoms with Crippen LogP contribution in [0.5, 0.6) is 0 Å². The maximum Gasteiger partial charge on any atom is 0.0369 e. The standard InChI is InChI=1S/C17H29N3/c1-14(2)17(4,13-18)20-10-8-19(9-11-20)16-7-5-6-15(3)12-16/h5-7,12,14H,8-11,13,18H2,1-4H3. The first-order valence-corrected chi connectivity index (χ1v) is 7.74. The summed E-state index contributed by atoms with van der Waals surface area (Å²) < 4.78 is 0. The maximum absolute atomic E-state index is 6.05. The first-order chi connectivity index (χ1) is 9.47. The normalized spacial score (nSPS) is 20.2. The fourth-order valence-corrected chi connectivity index (χ4v) is 3.03. The molecule has 0 radical (unpaired) electrons. The number of hydrogen-bond donors (Lipinski definition) is 1. The summed E-state index contributed by atoms with van der Waals surface area (Å²) in [5, 5.41) is 0. The number of aryl methyl sites for hydroxylation is 1. The van der Waals surface area contributed by atoms with E-state index in [2.05, 4.69) is 61.8 Å². The molecule has 1 aliphatic rings. The highest BCUT2D eigenvalue weighted by Crippen LogP contribution is 2.26. The van der Waals surface area contributed by atoms with Gasteiger partial charge in [-0.2, -0.15) is 0 Å². The zero-order chi connectivity index (χ0) is 14.8. The minimum atomic E-state index is 0.124. The van der Waals surface area contributed by atoms with Gasteiger partial charge in [0.1, 0.15) is 0 Å². The van der Waals surface area contributed by atoms with Crippen LogP contribution in [0.25, 0.3) is 0 Å². The zero-order valence-electron chi connectivity index (χ0n) is 13.4. The van der Waals surface area contributed by atoms with Crippen LogP contribution < -0.4 is 10.6 Å². The lowest BCUT2D eigenvalue weighted by Crippen LogP contribution is -2.61. The lowest BCUT2D eigenvalue weighted by Gasteiger charge is -2.48. The summed E-state index contributed by atoms with van der Waals surface area (Å²) in [6.45, 7) is 14.1. The average Bonchev–Trinajstić information content (AvgIpc) is 2.46. The Labute approximate surface area is 123 Å². The quantitative estimate of drug-likeness (QED) is 0.916. The van der Waals surface area contributed by atoms with Crippen LogP contribution in [-0.2, 0) is 0 Å². The third kappa shape index (κ3) is 2.99. The molecule has 2 N–H and O–H groups in total. The van der Waals surface area contributed by atoms with E-state index >= 15 is 0 Å². The van der Waals surface area contributed by atoms with E-state index in [1.54, 1.807) is 0 Å². The summed E-state index contributed by atoms with van der Waals surface area (Å²) in [5.41, 5.74) is 8.86. The number of piperazine rings is 1. The number of hydrogen-bond acceptors (Lipinski definition) is 3. The molecule has 3 nitrogen and oxygen atoms in total. The first-order valence-electron chi connectivity index (χ1n) is 7.74. The van der Waals surface area contributed by atoms with Crippen molar-refractivity contribution in [3.63, 3.8) is 0 Å². The van der Waals surface area contributed by atoms with Gasteiger partial charge in [0.05, 0.1) is 0 Å². The third-order valence-electron chi connectivity index (χ3n) is 5.03. The van der Waals surface area contributed by atoms with E-state index in [0.717, 1.165) is 32.7 Å². The van der Waals surface area contributed by atoms with E-state index in [9.17, 15) is 0 Å². The summed E-state index contributed by atoms with van der Waals surface area (Å²) in [7, 11) is 0. The molecule has 1 unspecified atom stereocenters. The van der Waals surface area contributed by atoms with Gasteiger partial charge in [-0.25, -0.2) is 0 Å². The van der Waals surface area contributed by atoms with E-state index in [0.29, 0.717) is 5.92 Å². The van der Waals surface area contributed by atoms with Crippen molar-refractivity contribution in [2.75, 3.05) is 37.6 Å². The second kappa shape index (κ2) is 6.15. The van der Waals surface area contributed by atoms with Gasteiger partial charge in [0, 0.05) is 44.0 Å². The molecular formula is C17H29N3. The minimum absolute atomic E-state index is 0.124. The molecule has 20 heavy (non-hydrogen) atoms. The monoisotopic (exact) mass is 275 g/mol. The minimum Gasteiger partial charge on any atom is -0.369 e. The predicted octanol–water partition coefficient (Wildman–Crippen LogP) is 2.49. The van der Waals surface area contributed by atoms with E-state index in [-0.39, 0.29) is 5.54 Å². The number of anilines is 1. The molecule has 0 aliphatic carbocycles. The number of nitrogens with two attached hydrogens (primary N) is 1. The second-order valence-electron chi connectivity index (χ2n) is 6.53. The predicted molar refractivity (Wildman–Crippen MR) is 87.3 cm³/mol. The number of benzene rings is 1. The van der Waals surface area contributed by atoms with E-state index in [4.69, 9.17) is 5.73 Å². The van der Waals surface area contributed by atoms with E-state index < -0.39 is 0 Å². The van der Waals surface area contributed by atoms with Crippen molar-refractivity contribution in [3.8, 4) is 0 Å². The van der Waals surface area contributed by atoms with Crippen LogP contribution in [-0.4, -0.2) is 43.2 Å². The van der Waals surface area contributed by atoms with Crippen molar-refractivity contribution in [1.82, 2.24) is 4.90 Å². The molecule has 1 heterocycles. The molecule has 0 spiro atoms. The molecule has 0 bridgehead atoms. The summed E-state index contributed by atoms with van der Waals surface area (Å²) >= 11 is 0. The molecule has 1 fully saturated rings. The lowest BCUT2D eigenvalue weighted by molar-refractivity contribution is 0.0616. The van der Waals surface area contributed by atoms with Crippen LogP contribution >= 0.6 is 0 Å². The van der Waals surface area contributed by atoms with Crippen molar-refractivity contribution in [3.05, 3.63) is 29.8 Å². The van der Waals surface area contributed by atoms with Crippen LogP contribution in [0.3, 0.4) is 0 Å². The molecule has 1 atom stereocenters. The Morgan fingerprint density at radius 1 is 1.20 bits per heavy atom. The van der Waals surface area contributed by atoms with Gasteiger partial charge >= 0.3 is 0 Å². The molecule has 1 aliphatic heterocycles. The Hall–Kier alpha value is -1.06. The second-order valence-corrected chi connectivity index (χ2v) is 6.53. The summed E-state index contributed by atoms with van der Waals surface area (Å²) in [6, 6.07) is 8.80. The van der Waals surface area contributed by atoms with E-state index in [1.165, 1.54) is 11.3 Å². The van der Waals surface area contributed by atoms with Gasteiger partial charge in [-0.1, -0.05) is 26.0 Å². The van der Waals surface area contributed by atoms with Crippen molar-refractivity contribution in [1.29, 1.82) is 0 Å². The molecule has 112 valence electrons. The van der Waals surface area contributed by atoms with E-state index in [1.807, 2.05) is 0 Å². The summed E-state index contributed by atoms with van der Waals surface area (Å²) in [6.07, 6.45) is 0. The van der Waals surface area contributed by atoms with Crippen molar-refractivity contribution < 1.29 is 0 Å². The van der Waals surface area contributed by atoms with Gasteiger partial charge in [0.15, 0.2) is 0 Å². The average molecular weight is 275 g/mol. The largest absolute Gasteiger partial charge is 0.369 e. The number of nitrogens with zero attached hydrogens (tertiary/aromatic N) is 2. The van der Waals surface area contributed by atoms with Gasteiger partial charge in [0.2, 0.25) is 0 Å². The molecule has 0 amide bonds. The molecule has 1 aromatic carbocycles. The zero-order valence-corrected chi connectivity index (χ0v) is 13.4. The highest BCUT2D eigenvalue weighted by Gasteiger charge is 2.35. The Morgan fingerprint density at radius 3 is 2.35 bits per heavy atom. The highest BCUT2D eigenvalue weighted by molar-refractivity contribution is 5.48. The highest BCUT2D eigenvalue weighted by atomic mass is 15.3. The van der Waals surface area contributed by atoms with Crippen LogP contribution in [0, 0.1) is 12.8 Å². The molecule has 2 rings (SSSR count). The lowest BCUT2D eigenvalue weighted by atomic mass is 9.86. The third-order valence-corrected chi connectivity index (χ3v) is 5.03. The smallest absolute Gasteiger partial charge is 0.0369 e. The molecule has 0 saturated carbocycles. The van der Waals surface area contributed by atoms with Crippen LogP contribution in [0.2, 0.25) is 0 Å². The topological polar surface area (TPSA) is 32.5 Å². The van der Waals surface area contributed by atoms with Crippen molar-refractivity contribution >= 4 is 5.69 Å². The van der Waals surface area contributed by atoms with Crippen molar-refractivity contribution in [2.45, 2.75) is 33.2 Å². The van der Waals surface area contributed by atoms with Gasteiger partial charge < -0.3 is 10.6 Å². The molecule has 3 heteroatoms.